The average molecular weight is 286 g/mol. The maximum Gasteiger partial charge on any atom is 0.314 e. The molecular formula is C17H34O3. The van der Waals surface area contributed by atoms with Gasteiger partial charge in [0, 0.05) is 7.11 Å². The van der Waals surface area contributed by atoms with E-state index in [9.17, 15) is 4.79 Å². The van der Waals surface area contributed by atoms with E-state index in [0.717, 1.165) is 12.8 Å². The Balaban J connectivity index is 4.22. The molecule has 3 heteroatoms. The molecule has 0 aliphatic carbocycles. The zero-order valence-electron chi connectivity index (χ0n) is 14.4. The summed E-state index contributed by atoms with van der Waals surface area (Å²) in [7, 11) is 3.12. The van der Waals surface area contributed by atoms with Crippen molar-refractivity contribution >= 4 is 5.97 Å². The Morgan fingerprint density at radius 1 is 0.900 bits per heavy atom. The highest BCUT2D eigenvalue weighted by atomic mass is 16.5. The van der Waals surface area contributed by atoms with Gasteiger partial charge in [0.05, 0.1) is 18.1 Å². The summed E-state index contributed by atoms with van der Waals surface area (Å²) in [4.78, 5) is 11.9. The number of unbranched alkanes of at least 4 members (excludes halogenated alkanes) is 6. The molecule has 0 aromatic rings. The summed E-state index contributed by atoms with van der Waals surface area (Å²) in [6, 6.07) is 0. The maximum atomic E-state index is 11.9. The molecule has 0 aliphatic heterocycles. The SMILES string of the molecule is CCCCCCCCCC(C)(OC)C(C)(C)C(=O)OC. The van der Waals surface area contributed by atoms with Crippen molar-refractivity contribution in [2.24, 2.45) is 5.41 Å². The molecule has 120 valence electrons. The summed E-state index contributed by atoms with van der Waals surface area (Å²) in [6.45, 7) is 8.06. The van der Waals surface area contributed by atoms with Crippen molar-refractivity contribution in [2.75, 3.05) is 14.2 Å². The van der Waals surface area contributed by atoms with Gasteiger partial charge >= 0.3 is 5.97 Å². The average Bonchev–Trinajstić information content (AvgIpc) is 2.44. The van der Waals surface area contributed by atoms with E-state index >= 15 is 0 Å². The number of esters is 1. The first kappa shape index (κ1) is 19.4. The van der Waals surface area contributed by atoms with Gasteiger partial charge in [-0.2, -0.15) is 0 Å². The number of carbonyl (C=O) groups excluding carboxylic acids is 1. The second-order valence-corrected chi connectivity index (χ2v) is 6.42. The molecular weight excluding hydrogens is 252 g/mol. The molecule has 0 spiro atoms. The first-order chi connectivity index (χ1) is 9.35. The topological polar surface area (TPSA) is 35.5 Å². The van der Waals surface area contributed by atoms with Gasteiger partial charge in [-0.25, -0.2) is 0 Å². The minimum absolute atomic E-state index is 0.204. The summed E-state index contributed by atoms with van der Waals surface area (Å²) < 4.78 is 10.6. The highest BCUT2D eigenvalue weighted by Crippen LogP contribution is 2.38. The van der Waals surface area contributed by atoms with Crippen molar-refractivity contribution in [3.05, 3.63) is 0 Å². The zero-order valence-corrected chi connectivity index (χ0v) is 14.4. The number of carbonyl (C=O) groups is 1. The predicted molar refractivity (Wildman–Crippen MR) is 83.8 cm³/mol. The Kier molecular flexibility index (Phi) is 9.11. The summed E-state index contributed by atoms with van der Waals surface area (Å²) >= 11 is 0. The fraction of sp³-hybridized carbons (Fsp3) is 0.941. The Morgan fingerprint density at radius 2 is 1.40 bits per heavy atom. The van der Waals surface area contributed by atoms with E-state index in [1.165, 1.54) is 45.6 Å². The van der Waals surface area contributed by atoms with Crippen LogP contribution in [-0.4, -0.2) is 25.8 Å². The largest absolute Gasteiger partial charge is 0.469 e. The number of hydrogen-bond acceptors (Lipinski definition) is 3. The molecule has 1 unspecified atom stereocenters. The predicted octanol–water partition coefficient (Wildman–Crippen LogP) is 4.73. The molecule has 0 rings (SSSR count). The van der Waals surface area contributed by atoms with Crippen molar-refractivity contribution in [2.45, 2.75) is 84.7 Å². The fourth-order valence-corrected chi connectivity index (χ4v) is 2.56. The lowest BCUT2D eigenvalue weighted by atomic mass is 9.73. The van der Waals surface area contributed by atoms with Gasteiger partial charge in [0.15, 0.2) is 0 Å². The maximum absolute atomic E-state index is 11.9. The normalized spacial score (nSPS) is 14.9. The van der Waals surface area contributed by atoms with E-state index in [0.29, 0.717) is 0 Å². The highest BCUT2D eigenvalue weighted by molar-refractivity contribution is 5.77. The molecule has 0 fully saturated rings. The summed E-state index contributed by atoms with van der Waals surface area (Å²) in [6.07, 6.45) is 9.75. The Hall–Kier alpha value is -0.570. The lowest BCUT2D eigenvalue weighted by Gasteiger charge is -2.41. The van der Waals surface area contributed by atoms with Crippen molar-refractivity contribution < 1.29 is 14.3 Å². The molecule has 0 aliphatic rings. The zero-order chi connectivity index (χ0) is 15.6. The summed E-state index contributed by atoms with van der Waals surface area (Å²) in [5.74, 6) is -0.204. The first-order valence-corrected chi connectivity index (χ1v) is 7.99. The third-order valence-corrected chi connectivity index (χ3v) is 4.73. The molecule has 0 heterocycles. The number of hydrogen-bond donors (Lipinski definition) is 0. The van der Waals surface area contributed by atoms with Crippen LogP contribution in [0.2, 0.25) is 0 Å². The Morgan fingerprint density at radius 3 is 1.85 bits per heavy atom. The van der Waals surface area contributed by atoms with Gasteiger partial charge < -0.3 is 9.47 Å². The van der Waals surface area contributed by atoms with Gasteiger partial charge in [0.25, 0.3) is 0 Å². The van der Waals surface area contributed by atoms with Crippen LogP contribution >= 0.6 is 0 Å². The fourth-order valence-electron chi connectivity index (χ4n) is 2.56. The van der Waals surface area contributed by atoms with Gasteiger partial charge in [-0.3, -0.25) is 4.79 Å². The van der Waals surface area contributed by atoms with Crippen LogP contribution in [-0.2, 0) is 14.3 Å². The van der Waals surface area contributed by atoms with Gasteiger partial charge in [0.2, 0.25) is 0 Å². The van der Waals surface area contributed by atoms with E-state index in [1.807, 2.05) is 20.8 Å². The molecule has 0 aromatic heterocycles. The molecule has 0 saturated carbocycles. The first-order valence-electron chi connectivity index (χ1n) is 7.99. The number of rotatable bonds is 11. The minimum Gasteiger partial charge on any atom is -0.469 e. The number of ether oxygens (including phenoxy) is 2. The van der Waals surface area contributed by atoms with E-state index in [1.54, 1.807) is 7.11 Å². The van der Waals surface area contributed by atoms with Gasteiger partial charge in [0.1, 0.15) is 0 Å². The van der Waals surface area contributed by atoms with Gasteiger partial charge in [-0.1, -0.05) is 51.9 Å². The Labute approximate surface area is 125 Å². The van der Waals surface area contributed by atoms with Crippen molar-refractivity contribution in [3.8, 4) is 0 Å². The molecule has 0 bridgehead atoms. The van der Waals surface area contributed by atoms with Crippen molar-refractivity contribution in [1.29, 1.82) is 0 Å². The van der Waals surface area contributed by atoms with Gasteiger partial charge in [-0.15, -0.1) is 0 Å². The van der Waals surface area contributed by atoms with E-state index in [2.05, 4.69) is 6.92 Å². The summed E-state index contributed by atoms with van der Waals surface area (Å²) in [5.41, 5.74) is -1.10. The van der Waals surface area contributed by atoms with Crippen LogP contribution in [0.5, 0.6) is 0 Å². The van der Waals surface area contributed by atoms with Crippen molar-refractivity contribution in [1.82, 2.24) is 0 Å². The van der Waals surface area contributed by atoms with Crippen LogP contribution in [0.4, 0.5) is 0 Å². The van der Waals surface area contributed by atoms with E-state index < -0.39 is 11.0 Å². The van der Waals surface area contributed by atoms with Crippen LogP contribution in [0, 0.1) is 5.41 Å². The second-order valence-electron chi connectivity index (χ2n) is 6.42. The van der Waals surface area contributed by atoms with Crippen LogP contribution in [0.15, 0.2) is 0 Å². The van der Waals surface area contributed by atoms with Crippen molar-refractivity contribution in [3.63, 3.8) is 0 Å². The standard InChI is InChI=1S/C17H34O3/c1-7-8-9-10-11-12-13-14-17(4,20-6)16(2,3)15(18)19-5/h7-14H2,1-6H3. The van der Waals surface area contributed by atoms with E-state index in [-0.39, 0.29) is 5.97 Å². The smallest absolute Gasteiger partial charge is 0.314 e. The molecule has 0 amide bonds. The molecule has 1 atom stereocenters. The lowest BCUT2D eigenvalue weighted by molar-refractivity contribution is -0.171. The molecule has 3 nitrogen and oxygen atoms in total. The van der Waals surface area contributed by atoms with Crippen LogP contribution < -0.4 is 0 Å². The highest BCUT2D eigenvalue weighted by Gasteiger charge is 2.47. The minimum atomic E-state index is -0.626. The molecule has 0 aromatic carbocycles. The molecule has 0 saturated heterocycles. The van der Waals surface area contributed by atoms with Crippen LogP contribution in [0.3, 0.4) is 0 Å². The Bertz CT molecular complexity index is 273. The van der Waals surface area contributed by atoms with Crippen LogP contribution in [0.25, 0.3) is 0 Å². The summed E-state index contributed by atoms with van der Waals surface area (Å²) in [5, 5.41) is 0. The third kappa shape index (κ3) is 5.43. The van der Waals surface area contributed by atoms with E-state index in [4.69, 9.17) is 9.47 Å². The van der Waals surface area contributed by atoms with Gasteiger partial charge in [-0.05, 0) is 27.2 Å². The lowest BCUT2D eigenvalue weighted by Crippen LogP contribution is -2.49. The molecule has 0 radical (unpaired) electrons. The second kappa shape index (κ2) is 9.38. The third-order valence-electron chi connectivity index (χ3n) is 4.73. The monoisotopic (exact) mass is 286 g/mol. The van der Waals surface area contributed by atoms with Crippen LogP contribution in [0.1, 0.15) is 79.1 Å². The quantitative estimate of drug-likeness (QED) is 0.407. The number of methoxy groups -OCH3 is 2. The molecule has 20 heavy (non-hydrogen) atoms. The molecule has 0 N–H and O–H groups in total.